The third-order valence-electron chi connectivity index (χ3n) is 5.51. The molecule has 0 radical (unpaired) electrons. The van der Waals surface area contributed by atoms with E-state index in [-0.39, 0.29) is 23.2 Å². The maximum Gasteiger partial charge on any atom is 0.410 e. The van der Waals surface area contributed by atoms with Gasteiger partial charge in [-0.1, -0.05) is 60.3 Å². The van der Waals surface area contributed by atoms with Crippen LogP contribution in [0.15, 0.2) is 48.5 Å². The molecule has 1 atom stereocenters. The monoisotopic (exact) mass is 409 g/mol. The molecule has 0 spiro atoms. The summed E-state index contributed by atoms with van der Waals surface area (Å²) in [5.74, 6) is 0.888. The molecule has 1 fully saturated rings. The van der Waals surface area contributed by atoms with Gasteiger partial charge in [-0.15, -0.1) is 0 Å². The summed E-state index contributed by atoms with van der Waals surface area (Å²) in [6, 6.07) is 16.5. The molecule has 0 bridgehead atoms. The highest BCUT2D eigenvalue weighted by Crippen LogP contribution is 2.46. The summed E-state index contributed by atoms with van der Waals surface area (Å²) in [5.41, 5.74) is 4.53. The molecule has 4 rings (SSSR count). The largest absolute Gasteiger partial charge is 0.444 e. The molecule has 152 valence electrons. The van der Waals surface area contributed by atoms with Crippen molar-refractivity contribution in [2.24, 2.45) is 0 Å². The molecule has 2 aliphatic rings. The summed E-state index contributed by atoms with van der Waals surface area (Å²) in [6.45, 7) is 6.13. The highest BCUT2D eigenvalue weighted by molar-refractivity contribution is 8.13. The van der Waals surface area contributed by atoms with Crippen molar-refractivity contribution in [3.05, 3.63) is 59.7 Å². The molecule has 29 heavy (non-hydrogen) atoms. The molecule has 0 aromatic heterocycles. The minimum Gasteiger partial charge on any atom is -0.444 e. The molecule has 1 saturated heterocycles. The van der Waals surface area contributed by atoms with Gasteiger partial charge in [-0.3, -0.25) is 9.69 Å². The minimum absolute atomic E-state index is 0.0650. The van der Waals surface area contributed by atoms with E-state index in [2.05, 4.69) is 48.5 Å². The number of hydrogen-bond acceptors (Lipinski definition) is 4. The SMILES string of the molecule is CC(C)(C)OC(=O)N1CCC[C@H]1C(=O)SCC1c2ccccc2-c2ccccc21. The first-order valence-electron chi connectivity index (χ1n) is 10.2. The van der Waals surface area contributed by atoms with Crippen molar-refractivity contribution in [2.45, 2.75) is 51.2 Å². The Bertz CT molecular complexity index is 888. The molecule has 0 unspecified atom stereocenters. The Hall–Kier alpha value is -2.27. The van der Waals surface area contributed by atoms with Crippen molar-refractivity contribution in [3.63, 3.8) is 0 Å². The first-order chi connectivity index (χ1) is 13.8. The van der Waals surface area contributed by atoms with Crippen LogP contribution in [0.4, 0.5) is 4.79 Å². The van der Waals surface area contributed by atoms with Crippen LogP contribution >= 0.6 is 11.8 Å². The zero-order chi connectivity index (χ0) is 20.6. The lowest BCUT2D eigenvalue weighted by molar-refractivity contribution is -0.114. The first-order valence-corrected chi connectivity index (χ1v) is 11.2. The van der Waals surface area contributed by atoms with Gasteiger partial charge in [0.1, 0.15) is 11.6 Å². The third-order valence-corrected chi connectivity index (χ3v) is 6.56. The number of carbonyl (C=O) groups excluding carboxylic acids is 2. The first kappa shape index (κ1) is 20.0. The molecule has 0 saturated carbocycles. The van der Waals surface area contributed by atoms with Crippen LogP contribution in [0.2, 0.25) is 0 Å². The molecule has 4 nitrogen and oxygen atoms in total. The lowest BCUT2D eigenvalue weighted by atomic mass is 9.99. The quantitative estimate of drug-likeness (QED) is 0.675. The zero-order valence-electron chi connectivity index (χ0n) is 17.2. The molecular weight excluding hydrogens is 382 g/mol. The predicted molar refractivity (Wildman–Crippen MR) is 117 cm³/mol. The molecule has 0 N–H and O–H groups in total. The van der Waals surface area contributed by atoms with Gasteiger partial charge in [0.05, 0.1) is 0 Å². The van der Waals surface area contributed by atoms with E-state index >= 15 is 0 Å². The number of rotatable bonds is 3. The second-order valence-electron chi connectivity index (χ2n) is 8.69. The number of carbonyl (C=O) groups is 2. The molecule has 1 aliphatic heterocycles. The van der Waals surface area contributed by atoms with Crippen LogP contribution in [0.5, 0.6) is 0 Å². The normalized spacial score (nSPS) is 18.4. The van der Waals surface area contributed by atoms with Crippen molar-refractivity contribution >= 4 is 23.0 Å². The maximum absolute atomic E-state index is 13.0. The van der Waals surface area contributed by atoms with Gasteiger partial charge in [0, 0.05) is 18.2 Å². The Morgan fingerprint density at radius 3 is 2.21 bits per heavy atom. The standard InChI is InChI=1S/C24H27NO3S/c1-24(2,3)28-23(27)25-14-8-13-21(25)22(26)29-15-20-18-11-6-4-9-16(18)17-10-5-7-12-19(17)20/h4-7,9-12,20-21H,8,13-15H2,1-3H3/t21-/m0/s1. The fourth-order valence-corrected chi connectivity index (χ4v) is 5.38. The fraction of sp³-hybridized carbons (Fsp3) is 0.417. The van der Waals surface area contributed by atoms with Gasteiger partial charge in [-0.05, 0) is 55.9 Å². The van der Waals surface area contributed by atoms with Crippen LogP contribution in [0.1, 0.15) is 50.7 Å². The summed E-state index contributed by atoms with van der Waals surface area (Å²) in [5, 5.41) is 0.0650. The molecular formula is C24H27NO3S. The molecule has 1 heterocycles. The van der Waals surface area contributed by atoms with Crippen molar-refractivity contribution in [2.75, 3.05) is 12.3 Å². The van der Waals surface area contributed by atoms with Gasteiger partial charge >= 0.3 is 6.09 Å². The number of likely N-dealkylation sites (tertiary alicyclic amines) is 1. The van der Waals surface area contributed by atoms with E-state index < -0.39 is 5.60 Å². The minimum atomic E-state index is -0.558. The van der Waals surface area contributed by atoms with Crippen LogP contribution < -0.4 is 0 Å². The molecule has 1 aliphatic carbocycles. The molecule has 2 aromatic rings. The van der Waals surface area contributed by atoms with E-state index in [0.29, 0.717) is 18.7 Å². The predicted octanol–water partition coefficient (Wildman–Crippen LogP) is 5.46. The van der Waals surface area contributed by atoms with Crippen molar-refractivity contribution in [1.82, 2.24) is 4.90 Å². The van der Waals surface area contributed by atoms with Crippen molar-refractivity contribution < 1.29 is 14.3 Å². The van der Waals surface area contributed by atoms with Crippen LogP contribution in [0, 0.1) is 0 Å². The van der Waals surface area contributed by atoms with Gasteiger partial charge in [-0.25, -0.2) is 4.79 Å². The average molecular weight is 410 g/mol. The topological polar surface area (TPSA) is 46.6 Å². The number of benzene rings is 2. The number of nitrogens with zero attached hydrogens (tertiary/aromatic N) is 1. The maximum atomic E-state index is 13.0. The smallest absolute Gasteiger partial charge is 0.410 e. The summed E-state index contributed by atoms with van der Waals surface area (Å²) >= 11 is 1.35. The Labute approximate surface area is 176 Å². The molecule has 5 heteroatoms. The van der Waals surface area contributed by atoms with Gasteiger partial charge in [-0.2, -0.15) is 0 Å². The van der Waals surface area contributed by atoms with E-state index in [4.69, 9.17) is 4.74 Å². The van der Waals surface area contributed by atoms with E-state index in [1.54, 1.807) is 4.90 Å². The van der Waals surface area contributed by atoms with E-state index in [0.717, 1.165) is 6.42 Å². The number of hydrogen-bond donors (Lipinski definition) is 0. The molecule has 2 aromatic carbocycles. The van der Waals surface area contributed by atoms with E-state index in [9.17, 15) is 9.59 Å². The zero-order valence-corrected chi connectivity index (χ0v) is 18.0. The summed E-state index contributed by atoms with van der Waals surface area (Å²) < 4.78 is 5.50. The summed E-state index contributed by atoms with van der Waals surface area (Å²) in [7, 11) is 0. The molecule has 1 amide bonds. The van der Waals surface area contributed by atoms with E-state index in [1.165, 1.54) is 34.0 Å². The lowest BCUT2D eigenvalue weighted by Gasteiger charge is -2.28. The number of amides is 1. The van der Waals surface area contributed by atoms with Gasteiger partial charge in [0.2, 0.25) is 5.12 Å². The second kappa shape index (κ2) is 7.86. The second-order valence-corrected chi connectivity index (χ2v) is 9.71. The van der Waals surface area contributed by atoms with Crippen molar-refractivity contribution in [1.29, 1.82) is 0 Å². The van der Waals surface area contributed by atoms with E-state index in [1.807, 2.05) is 20.8 Å². The number of ether oxygens (including phenoxy) is 1. The number of fused-ring (bicyclic) bond motifs is 3. The highest BCUT2D eigenvalue weighted by Gasteiger charge is 2.37. The van der Waals surface area contributed by atoms with Crippen LogP contribution in [0.3, 0.4) is 0 Å². The summed E-state index contributed by atoms with van der Waals surface area (Å²) in [4.78, 5) is 27.1. The van der Waals surface area contributed by atoms with Gasteiger partial charge in [0.15, 0.2) is 0 Å². The third kappa shape index (κ3) is 4.06. The summed E-state index contributed by atoms with van der Waals surface area (Å²) in [6.07, 6.45) is 1.17. The fourth-order valence-electron chi connectivity index (χ4n) is 4.25. The van der Waals surface area contributed by atoms with Crippen LogP contribution in [0.25, 0.3) is 11.1 Å². The average Bonchev–Trinajstić information content (AvgIpc) is 3.28. The van der Waals surface area contributed by atoms with Crippen molar-refractivity contribution in [3.8, 4) is 11.1 Å². The van der Waals surface area contributed by atoms with Gasteiger partial charge in [0.25, 0.3) is 0 Å². The number of thioether (sulfide) groups is 1. The highest BCUT2D eigenvalue weighted by atomic mass is 32.2. The lowest BCUT2D eigenvalue weighted by Crippen LogP contribution is -2.42. The Morgan fingerprint density at radius 1 is 1.03 bits per heavy atom. The van der Waals surface area contributed by atoms with Crippen LogP contribution in [-0.4, -0.2) is 40.0 Å². The van der Waals surface area contributed by atoms with Crippen LogP contribution in [-0.2, 0) is 9.53 Å². The Balaban J connectivity index is 1.47. The Kier molecular flexibility index (Phi) is 5.43. The van der Waals surface area contributed by atoms with Gasteiger partial charge < -0.3 is 4.74 Å². The Morgan fingerprint density at radius 2 is 1.62 bits per heavy atom.